The number of aromatic nitrogens is 1. The van der Waals surface area contributed by atoms with Crippen LogP contribution in [-0.2, 0) is 9.59 Å². The Balaban J connectivity index is 1.61. The lowest BCUT2D eigenvalue weighted by Gasteiger charge is -2.09. The van der Waals surface area contributed by atoms with Crippen LogP contribution in [0.5, 0.6) is 0 Å². The van der Waals surface area contributed by atoms with Crippen molar-refractivity contribution in [2.24, 2.45) is 5.92 Å². The normalized spacial score (nSPS) is 20.3. The van der Waals surface area contributed by atoms with Gasteiger partial charge in [-0.1, -0.05) is 0 Å². The molecule has 1 atom stereocenters. The summed E-state index contributed by atoms with van der Waals surface area (Å²) in [6.07, 6.45) is 4.22. The minimum Gasteiger partial charge on any atom is -0.360 e. The van der Waals surface area contributed by atoms with E-state index in [0.717, 1.165) is 18.5 Å². The number of carbonyl (C=O) groups excluding carboxylic acids is 2. The summed E-state index contributed by atoms with van der Waals surface area (Å²) in [5.74, 6) is -0.710. The van der Waals surface area contributed by atoms with Crippen LogP contribution in [0.1, 0.15) is 23.2 Å². The van der Waals surface area contributed by atoms with E-state index < -0.39 is 5.82 Å². The van der Waals surface area contributed by atoms with Crippen LogP contribution in [0.3, 0.4) is 0 Å². The van der Waals surface area contributed by atoms with Crippen molar-refractivity contribution in [3.05, 3.63) is 47.0 Å². The number of halogens is 1. The van der Waals surface area contributed by atoms with Crippen LogP contribution in [-0.4, -0.2) is 29.9 Å². The molecule has 134 valence electrons. The van der Waals surface area contributed by atoms with E-state index in [9.17, 15) is 14.0 Å². The Morgan fingerprint density at radius 3 is 3.00 bits per heavy atom. The van der Waals surface area contributed by atoms with Gasteiger partial charge in [-0.05, 0) is 49.7 Å². The Morgan fingerprint density at radius 1 is 1.38 bits per heavy atom. The van der Waals surface area contributed by atoms with Gasteiger partial charge in [0.15, 0.2) is 0 Å². The van der Waals surface area contributed by atoms with Crippen molar-refractivity contribution in [3.8, 4) is 0 Å². The third-order valence-electron chi connectivity index (χ3n) is 4.92. The molecule has 1 saturated heterocycles. The number of nitrogens with one attached hydrogen (secondary N) is 4. The minimum atomic E-state index is -0.396. The molecule has 7 heteroatoms. The highest BCUT2D eigenvalue weighted by molar-refractivity contribution is 6.34. The molecule has 1 fully saturated rings. The number of benzene rings is 1. The van der Waals surface area contributed by atoms with Gasteiger partial charge in [0.25, 0.3) is 5.91 Å². The highest BCUT2D eigenvalue weighted by atomic mass is 19.1. The zero-order valence-electron chi connectivity index (χ0n) is 14.3. The molecule has 6 nitrogen and oxygen atoms in total. The summed E-state index contributed by atoms with van der Waals surface area (Å²) in [6, 6.07) is 4.20. The number of rotatable bonds is 3. The Kier molecular flexibility index (Phi) is 4.08. The fourth-order valence-corrected chi connectivity index (χ4v) is 3.35. The standard InChI is InChI=1S/C19H19FN4O2/c1-10-16(22-9-17(10)24-18(25)11-4-5-21-8-11)7-14-13-6-12(20)2-3-15(13)23-19(14)26/h2-3,6-7,9,11,21-22H,4-5,8H2,1H3,(H,23,26)(H,24,25). The molecule has 1 aromatic heterocycles. The SMILES string of the molecule is Cc1c(NC(=O)C2CCNC2)c[nH]c1C=C1C(=O)Nc2ccc(F)cc21. The van der Waals surface area contributed by atoms with Crippen LogP contribution in [0, 0.1) is 18.7 Å². The predicted octanol–water partition coefficient (Wildman–Crippen LogP) is 2.50. The van der Waals surface area contributed by atoms with E-state index in [1.807, 2.05) is 6.92 Å². The van der Waals surface area contributed by atoms with E-state index in [1.165, 1.54) is 12.1 Å². The van der Waals surface area contributed by atoms with Gasteiger partial charge in [0, 0.05) is 29.7 Å². The first-order valence-corrected chi connectivity index (χ1v) is 8.55. The van der Waals surface area contributed by atoms with E-state index >= 15 is 0 Å². The summed E-state index contributed by atoms with van der Waals surface area (Å²) in [7, 11) is 0. The van der Waals surface area contributed by atoms with Gasteiger partial charge in [-0.15, -0.1) is 0 Å². The van der Waals surface area contributed by atoms with Gasteiger partial charge in [0.05, 0.1) is 17.2 Å². The van der Waals surface area contributed by atoms with Crippen LogP contribution >= 0.6 is 0 Å². The Bertz CT molecular complexity index is 926. The van der Waals surface area contributed by atoms with Gasteiger partial charge in [0.2, 0.25) is 5.91 Å². The number of carbonyl (C=O) groups is 2. The maximum atomic E-state index is 13.5. The van der Waals surface area contributed by atoms with E-state index in [1.54, 1.807) is 18.3 Å². The Labute approximate surface area is 149 Å². The number of hydrogen-bond donors (Lipinski definition) is 4. The van der Waals surface area contributed by atoms with Gasteiger partial charge in [-0.2, -0.15) is 0 Å². The van der Waals surface area contributed by atoms with E-state index in [4.69, 9.17) is 0 Å². The largest absolute Gasteiger partial charge is 0.360 e. The molecule has 4 rings (SSSR count). The molecular weight excluding hydrogens is 335 g/mol. The summed E-state index contributed by atoms with van der Waals surface area (Å²) in [6.45, 7) is 3.41. The Hall–Kier alpha value is -2.93. The van der Waals surface area contributed by atoms with Crippen molar-refractivity contribution < 1.29 is 14.0 Å². The second-order valence-electron chi connectivity index (χ2n) is 6.62. The van der Waals surface area contributed by atoms with Crippen molar-refractivity contribution in [1.82, 2.24) is 10.3 Å². The third kappa shape index (κ3) is 2.90. The Morgan fingerprint density at radius 2 is 2.23 bits per heavy atom. The molecule has 0 radical (unpaired) electrons. The quantitative estimate of drug-likeness (QED) is 0.639. The summed E-state index contributed by atoms with van der Waals surface area (Å²) < 4.78 is 13.5. The topological polar surface area (TPSA) is 86.0 Å². The number of hydrogen-bond acceptors (Lipinski definition) is 3. The zero-order valence-corrected chi connectivity index (χ0v) is 14.3. The number of aromatic amines is 1. The summed E-state index contributed by atoms with van der Waals surface area (Å²) in [5, 5.41) is 8.84. The third-order valence-corrected chi connectivity index (χ3v) is 4.92. The predicted molar refractivity (Wildman–Crippen MR) is 98.0 cm³/mol. The fourth-order valence-electron chi connectivity index (χ4n) is 3.35. The summed E-state index contributed by atoms with van der Waals surface area (Å²) >= 11 is 0. The molecule has 26 heavy (non-hydrogen) atoms. The molecule has 2 amide bonds. The van der Waals surface area contributed by atoms with E-state index in [2.05, 4.69) is 20.9 Å². The van der Waals surface area contributed by atoms with Crippen molar-refractivity contribution in [1.29, 1.82) is 0 Å². The highest BCUT2D eigenvalue weighted by Crippen LogP contribution is 2.34. The van der Waals surface area contributed by atoms with Crippen molar-refractivity contribution in [3.63, 3.8) is 0 Å². The molecule has 0 saturated carbocycles. The lowest BCUT2D eigenvalue weighted by atomic mass is 10.0. The van der Waals surface area contributed by atoms with Crippen molar-refractivity contribution in [2.45, 2.75) is 13.3 Å². The molecule has 1 aromatic carbocycles. The molecule has 2 aliphatic heterocycles. The molecule has 2 aromatic rings. The average molecular weight is 354 g/mol. The average Bonchev–Trinajstić information content (AvgIpc) is 3.32. The molecule has 0 spiro atoms. The molecule has 0 aliphatic carbocycles. The van der Waals surface area contributed by atoms with Crippen molar-refractivity contribution in [2.75, 3.05) is 23.7 Å². The number of H-pyrrole nitrogens is 1. The highest BCUT2D eigenvalue weighted by Gasteiger charge is 2.26. The van der Waals surface area contributed by atoms with Crippen LogP contribution in [0.15, 0.2) is 24.4 Å². The first-order valence-electron chi connectivity index (χ1n) is 8.55. The summed E-state index contributed by atoms with van der Waals surface area (Å²) in [4.78, 5) is 27.6. The minimum absolute atomic E-state index is 0.0117. The molecule has 1 unspecified atom stereocenters. The zero-order chi connectivity index (χ0) is 18.3. The first-order chi connectivity index (χ1) is 12.5. The second kappa shape index (κ2) is 6.42. The van der Waals surface area contributed by atoms with Crippen LogP contribution in [0.4, 0.5) is 15.8 Å². The lowest BCUT2D eigenvalue weighted by molar-refractivity contribution is -0.119. The summed E-state index contributed by atoms with van der Waals surface area (Å²) in [5.41, 5.74) is 3.73. The van der Waals surface area contributed by atoms with E-state index in [-0.39, 0.29) is 17.7 Å². The maximum absolute atomic E-state index is 13.5. The molecule has 3 heterocycles. The monoisotopic (exact) mass is 354 g/mol. The second-order valence-corrected chi connectivity index (χ2v) is 6.62. The number of fused-ring (bicyclic) bond motifs is 1. The fraction of sp³-hybridized carbons (Fsp3) is 0.263. The first kappa shape index (κ1) is 16.5. The van der Waals surface area contributed by atoms with Gasteiger partial charge < -0.3 is 20.9 Å². The van der Waals surface area contributed by atoms with Gasteiger partial charge >= 0.3 is 0 Å². The van der Waals surface area contributed by atoms with Gasteiger partial charge in [0.1, 0.15) is 5.82 Å². The molecular formula is C19H19FN4O2. The van der Waals surface area contributed by atoms with Crippen LogP contribution in [0.25, 0.3) is 11.6 Å². The molecule has 2 aliphatic rings. The van der Waals surface area contributed by atoms with Gasteiger partial charge in [-0.25, -0.2) is 4.39 Å². The van der Waals surface area contributed by atoms with Gasteiger partial charge in [-0.3, -0.25) is 9.59 Å². The van der Waals surface area contributed by atoms with E-state index in [0.29, 0.717) is 34.8 Å². The van der Waals surface area contributed by atoms with Crippen LogP contribution in [0.2, 0.25) is 0 Å². The smallest absolute Gasteiger partial charge is 0.256 e. The molecule has 0 bridgehead atoms. The lowest BCUT2D eigenvalue weighted by Crippen LogP contribution is -2.24. The van der Waals surface area contributed by atoms with Crippen LogP contribution < -0.4 is 16.0 Å². The van der Waals surface area contributed by atoms with Crippen molar-refractivity contribution >= 4 is 34.8 Å². The molecule has 4 N–H and O–H groups in total. The maximum Gasteiger partial charge on any atom is 0.256 e. The number of amides is 2. The number of anilines is 2.